The number of carboxylic acids is 1. The van der Waals surface area contributed by atoms with Crippen LogP contribution in [0.25, 0.3) is 11.1 Å². The number of rotatable bonds is 11. The number of carbonyl (C=O) groups is 3. The molecule has 0 fully saturated rings. The molecule has 2 amide bonds. The van der Waals surface area contributed by atoms with Gasteiger partial charge in [-0.25, -0.2) is 4.79 Å². The molecule has 1 aliphatic carbocycles. The van der Waals surface area contributed by atoms with Crippen LogP contribution in [0.2, 0.25) is 0 Å². The third-order valence-corrected chi connectivity index (χ3v) is 6.19. The lowest BCUT2D eigenvalue weighted by Crippen LogP contribution is -2.61. The molecule has 2 aromatic rings. The van der Waals surface area contributed by atoms with Crippen LogP contribution in [0, 0.1) is 0 Å². The van der Waals surface area contributed by atoms with E-state index in [2.05, 4.69) is 22.8 Å². The van der Waals surface area contributed by atoms with Gasteiger partial charge in [0, 0.05) is 25.5 Å². The standard InChI is InChI=1S/C26H32N2O6/c1-4-17(13-14-23(29)30)27-24(31)26(2,16-33-3)28-25(32)34-15-22-20-11-7-5-9-18(20)19-10-6-8-12-21(19)22/h5-12,17,22H,4,13-16H2,1-3H3,(H,27,31)(H,28,32)(H,29,30). The number of hydrogen-bond acceptors (Lipinski definition) is 5. The SMILES string of the molecule is CCC(CCC(=O)O)NC(=O)C(C)(COC)NC(=O)OCC1c2ccccc2-c2ccccc21. The minimum absolute atomic E-state index is 0.0560. The van der Waals surface area contributed by atoms with Gasteiger partial charge in [-0.3, -0.25) is 9.59 Å². The molecule has 0 radical (unpaired) electrons. The second-order valence-electron chi connectivity index (χ2n) is 8.73. The molecule has 0 heterocycles. The summed E-state index contributed by atoms with van der Waals surface area (Å²) in [6, 6.07) is 15.8. The highest BCUT2D eigenvalue weighted by atomic mass is 16.5. The number of fused-ring (bicyclic) bond motifs is 3. The molecule has 182 valence electrons. The third-order valence-electron chi connectivity index (χ3n) is 6.19. The van der Waals surface area contributed by atoms with Gasteiger partial charge in [0.2, 0.25) is 5.91 Å². The lowest BCUT2D eigenvalue weighted by Gasteiger charge is -2.30. The highest BCUT2D eigenvalue weighted by Gasteiger charge is 2.37. The number of benzene rings is 2. The maximum absolute atomic E-state index is 13.0. The van der Waals surface area contributed by atoms with E-state index in [4.69, 9.17) is 14.6 Å². The summed E-state index contributed by atoms with van der Waals surface area (Å²) in [6.07, 6.45) is 0.0770. The fourth-order valence-corrected chi connectivity index (χ4v) is 4.33. The predicted molar refractivity (Wildman–Crippen MR) is 128 cm³/mol. The molecule has 2 atom stereocenters. The van der Waals surface area contributed by atoms with Crippen molar-refractivity contribution < 1.29 is 29.0 Å². The van der Waals surface area contributed by atoms with Gasteiger partial charge in [0.1, 0.15) is 12.1 Å². The second kappa shape index (κ2) is 11.2. The second-order valence-corrected chi connectivity index (χ2v) is 8.73. The van der Waals surface area contributed by atoms with Crippen LogP contribution in [-0.2, 0) is 19.1 Å². The minimum atomic E-state index is -1.38. The molecule has 0 aliphatic heterocycles. The number of ether oxygens (including phenoxy) is 2. The van der Waals surface area contributed by atoms with Crippen molar-refractivity contribution in [3.8, 4) is 11.1 Å². The van der Waals surface area contributed by atoms with E-state index in [0.29, 0.717) is 12.8 Å². The summed E-state index contributed by atoms with van der Waals surface area (Å²) in [5, 5.41) is 14.4. The molecule has 1 aliphatic rings. The van der Waals surface area contributed by atoms with E-state index in [1.54, 1.807) is 6.92 Å². The summed E-state index contributed by atoms with van der Waals surface area (Å²) in [4.78, 5) is 36.6. The molecule has 0 spiro atoms. The monoisotopic (exact) mass is 468 g/mol. The molecular weight excluding hydrogens is 436 g/mol. The summed E-state index contributed by atoms with van der Waals surface area (Å²) in [5.74, 6) is -1.48. The van der Waals surface area contributed by atoms with Crippen LogP contribution in [0.3, 0.4) is 0 Å². The van der Waals surface area contributed by atoms with Crippen molar-refractivity contribution in [2.24, 2.45) is 0 Å². The van der Waals surface area contributed by atoms with Crippen molar-refractivity contribution in [2.45, 2.75) is 50.6 Å². The molecule has 8 heteroatoms. The Balaban J connectivity index is 1.66. The van der Waals surface area contributed by atoms with E-state index in [1.165, 1.54) is 7.11 Å². The lowest BCUT2D eigenvalue weighted by molar-refractivity contribution is -0.137. The Kier molecular flexibility index (Phi) is 8.28. The van der Waals surface area contributed by atoms with Gasteiger partial charge in [-0.15, -0.1) is 0 Å². The highest BCUT2D eigenvalue weighted by Crippen LogP contribution is 2.44. The van der Waals surface area contributed by atoms with Gasteiger partial charge >= 0.3 is 12.1 Å². The Labute approximate surface area is 199 Å². The number of carboxylic acid groups (broad SMARTS) is 1. The van der Waals surface area contributed by atoms with Gasteiger partial charge < -0.3 is 25.2 Å². The molecule has 0 bridgehead atoms. The Morgan fingerprint density at radius 3 is 2.18 bits per heavy atom. The molecule has 2 unspecified atom stereocenters. The average Bonchev–Trinajstić information content (AvgIpc) is 3.14. The van der Waals surface area contributed by atoms with Gasteiger partial charge in [-0.1, -0.05) is 55.5 Å². The van der Waals surface area contributed by atoms with Gasteiger partial charge in [-0.05, 0) is 42.0 Å². The number of aliphatic carboxylic acids is 1. The number of hydrogen-bond donors (Lipinski definition) is 3. The fraction of sp³-hybridized carbons (Fsp3) is 0.423. The number of amides is 2. The Hall–Kier alpha value is -3.39. The van der Waals surface area contributed by atoms with E-state index in [9.17, 15) is 14.4 Å². The molecule has 2 aromatic carbocycles. The summed E-state index contributed by atoms with van der Waals surface area (Å²) in [6.45, 7) is 3.47. The first-order chi connectivity index (χ1) is 16.3. The van der Waals surface area contributed by atoms with Crippen molar-refractivity contribution in [2.75, 3.05) is 20.3 Å². The van der Waals surface area contributed by atoms with E-state index >= 15 is 0 Å². The first kappa shape index (κ1) is 25.2. The van der Waals surface area contributed by atoms with Gasteiger partial charge in [0.25, 0.3) is 0 Å². The molecule has 3 N–H and O–H groups in total. The third kappa shape index (κ3) is 5.75. The van der Waals surface area contributed by atoms with Crippen molar-refractivity contribution >= 4 is 18.0 Å². The number of nitrogens with one attached hydrogen (secondary N) is 2. The van der Waals surface area contributed by atoms with Crippen molar-refractivity contribution in [3.63, 3.8) is 0 Å². The van der Waals surface area contributed by atoms with Crippen molar-refractivity contribution in [3.05, 3.63) is 59.7 Å². The zero-order valence-electron chi connectivity index (χ0n) is 19.8. The zero-order chi connectivity index (χ0) is 24.7. The summed E-state index contributed by atoms with van der Waals surface area (Å²) < 4.78 is 10.8. The van der Waals surface area contributed by atoms with E-state index in [0.717, 1.165) is 22.3 Å². The molecule has 3 rings (SSSR count). The van der Waals surface area contributed by atoms with Crippen LogP contribution in [-0.4, -0.2) is 55.0 Å². The Bertz CT molecular complexity index is 994. The quantitative estimate of drug-likeness (QED) is 0.464. The van der Waals surface area contributed by atoms with Crippen LogP contribution < -0.4 is 10.6 Å². The van der Waals surface area contributed by atoms with E-state index < -0.39 is 23.5 Å². The highest BCUT2D eigenvalue weighted by molar-refractivity contribution is 5.90. The Morgan fingerprint density at radius 1 is 1.06 bits per heavy atom. The van der Waals surface area contributed by atoms with Crippen molar-refractivity contribution in [1.82, 2.24) is 10.6 Å². The summed E-state index contributed by atoms with van der Waals surface area (Å²) >= 11 is 0. The lowest BCUT2D eigenvalue weighted by atomic mass is 9.98. The Morgan fingerprint density at radius 2 is 1.65 bits per heavy atom. The van der Waals surface area contributed by atoms with Gasteiger partial charge in [0.15, 0.2) is 0 Å². The van der Waals surface area contributed by atoms with Crippen LogP contribution in [0.4, 0.5) is 4.79 Å². The number of methoxy groups -OCH3 is 1. The molecule has 0 saturated heterocycles. The van der Waals surface area contributed by atoms with Crippen molar-refractivity contribution in [1.29, 1.82) is 0 Å². The summed E-state index contributed by atoms with van der Waals surface area (Å²) in [7, 11) is 1.44. The van der Waals surface area contributed by atoms with Crippen LogP contribution in [0.15, 0.2) is 48.5 Å². The molecule has 0 saturated carbocycles. The normalized spacial score (nSPS) is 14.9. The van der Waals surface area contributed by atoms with Crippen LogP contribution in [0.5, 0.6) is 0 Å². The van der Waals surface area contributed by atoms with Gasteiger partial charge in [-0.2, -0.15) is 0 Å². The number of carbonyl (C=O) groups excluding carboxylic acids is 2. The zero-order valence-corrected chi connectivity index (χ0v) is 19.8. The molecule has 34 heavy (non-hydrogen) atoms. The topological polar surface area (TPSA) is 114 Å². The van der Waals surface area contributed by atoms with E-state index in [-0.39, 0.29) is 31.6 Å². The molecule has 8 nitrogen and oxygen atoms in total. The minimum Gasteiger partial charge on any atom is -0.481 e. The summed E-state index contributed by atoms with van der Waals surface area (Å²) in [5.41, 5.74) is 3.06. The fourth-order valence-electron chi connectivity index (χ4n) is 4.33. The van der Waals surface area contributed by atoms with Crippen LogP contribution in [0.1, 0.15) is 50.2 Å². The van der Waals surface area contributed by atoms with Gasteiger partial charge in [0.05, 0.1) is 6.61 Å². The first-order valence-corrected chi connectivity index (χ1v) is 11.4. The van der Waals surface area contributed by atoms with E-state index in [1.807, 2.05) is 43.3 Å². The maximum Gasteiger partial charge on any atom is 0.408 e. The average molecular weight is 469 g/mol. The largest absolute Gasteiger partial charge is 0.481 e. The molecular formula is C26H32N2O6. The molecule has 0 aromatic heterocycles. The number of alkyl carbamates (subject to hydrolysis) is 1. The maximum atomic E-state index is 13.0. The smallest absolute Gasteiger partial charge is 0.408 e. The predicted octanol–water partition coefficient (Wildman–Crippen LogP) is 3.69. The van der Waals surface area contributed by atoms with Crippen LogP contribution >= 0.6 is 0 Å². The first-order valence-electron chi connectivity index (χ1n) is 11.4.